The lowest BCUT2D eigenvalue weighted by atomic mass is 9.94. The van der Waals surface area contributed by atoms with Gasteiger partial charge in [-0.2, -0.15) is 0 Å². The Hall–Kier alpha value is -0.690. The molecule has 1 aromatic rings. The third-order valence-electron chi connectivity index (χ3n) is 3.71. The molecule has 1 aliphatic heterocycles. The van der Waals surface area contributed by atoms with E-state index in [0.717, 1.165) is 38.0 Å². The number of aromatic nitrogens is 1. The summed E-state index contributed by atoms with van der Waals surface area (Å²) in [5.74, 6) is 0.549. The molecule has 21 heavy (non-hydrogen) atoms. The summed E-state index contributed by atoms with van der Waals surface area (Å²) >= 11 is 5.79. The van der Waals surface area contributed by atoms with E-state index in [1.165, 1.54) is 12.7 Å². The molecular formula is C14H22ClN3O2S. The number of nitrogens with one attached hydrogen (secondary N) is 1. The van der Waals surface area contributed by atoms with E-state index in [0.29, 0.717) is 17.6 Å². The number of nitrogens with zero attached hydrogens (tertiary/aromatic N) is 2. The molecule has 118 valence electrons. The second kappa shape index (κ2) is 7.54. The minimum absolute atomic E-state index is 0.516. The first kappa shape index (κ1) is 16.7. The van der Waals surface area contributed by atoms with Gasteiger partial charge in [0.2, 0.25) is 10.0 Å². The molecule has 5 nitrogen and oxygen atoms in total. The van der Waals surface area contributed by atoms with E-state index in [4.69, 9.17) is 11.6 Å². The first-order valence-corrected chi connectivity index (χ1v) is 9.47. The predicted molar refractivity (Wildman–Crippen MR) is 84.7 cm³/mol. The van der Waals surface area contributed by atoms with Crippen molar-refractivity contribution in [2.45, 2.75) is 25.8 Å². The largest absolute Gasteiger partial charge is 0.299 e. The van der Waals surface area contributed by atoms with Crippen molar-refractivity contribution in [1.82, 2.24) is 14.6 Å². The first-order valence-electron chi connectivity index (χ1n) is 7.20. The molecule has 0 unspecified atom stereocenters. The van der Waals surface area contributed by atoms with Gasteiger partial charge in [-0.05, 0) is 43.4 Å². The van der Waals surface area contributed by atoms with Crippen LogP contribution >= 0.6 is 11.6 Å². The predicted octanol–water partition coefficient (Wildman–Crippen LogP) is 1.89. The van der Waals surface area contributed by atoms with Gasteiger partial charge in [-0.25, -0.2) is 18.1 Å². The van der Waals surface area contributed by atoms with E-state index in [2.05, 4.69) is 14.6 Å². The zero-order valence-electron chi connectivity index (χ0n) is 12.3. The number of rotatable bonds is 6. The molecule has 2 rings (SSSR count). The lowest BCUT2D eigenvalue weighted by molar-refractivity contribution is 0.162. The second-order valence-corrected chi connectivity index (χ2v) is 7.91. The highest BCUT2D eigenvalue weighted by Crippen LogP contribution is 2.21. The molecule has 0 radical (unpaired) electrons. The van der Waals surface area contributed by atoms with Gasteiger partial charge in [0.1, 0.15) is 5.15 Å². The topological polar surface area (TPSA) is 62.3 Å². The van der Waals surface area contributed by atoms with Crippen LogP contribution in [0, 0.1) is 5.92 Å². The number of hydrogen-bond acceptors (Lipinski definition) is 4. The number of likely N-dealkylation sites (tertiary alicyclic amines) is 1. The van der Waals surface area contributed by atoms with Crippen LogP contribution in [-0.4, -0.2) is 44.2 Å². The van der Waals surface area contributed by atoms with E-state index < -0.39 is 10.0 Å². The molecule has 1 fully saturated rings. The van der Waals surface area contributed by atoms with E-state index in [1.54, 1.807) is 0 Å². The van der Waals surface area contributed by atoms with Crippen molar-refractivity contribution in [2.75, 3.05) is 25.9 Å². The summed E-state index contributed by atoms with van der Waals surface area (Å²) in [5.41, 5.74) is 1.16. The van der Waals surface area contributed by atoms with Crippen molar-refractivity contribution >= 4 is 21.6 Å². The van der Waals surface area contributed by atoms with Gasteiger partial charge in [0.15, 0.2) is 0 Å². The first-order chi connectivity index (χ1) is 9.92. The van der Waals surface area contributed by atoms with Gasteiger partial charge in [0.05, 0.1) is 6.26 Å². The Morgan fingerprint density at radius 3 is 2.95 bits per heavy atom. The number of pyridine rings is 1. The fourth-order valence-corrected chi connectivity index (χ4v) is 3.34. The van der Waals surface area contributed by atoms with Gasteiger partial charge < -0.3 is 0 Å². The Morgan fingerprint density at radius 2 is 2.29 bits per heavy atom. The SMILES string of the molecule is CS(=O)(=O)NCC[C@@H]1CCCN(Cc2ccc(Cl)nc2)C1. The molecule has 2 heterocycles. The maximum Gasteiger partial charge on any atom is 0.208 e. The van der Waals surface area contributed by atoms with Crippen molar-refractivity contribution in [2.24, 2.45) is 5.92 Å². The van der Waals surface area contributed by atoms with Crippen molar-refractivity contribution in [3.8, 4) is 0 Å². The summed E-state index contributed by atoms with van der Waals surface area (Å²) in [6.07, 6.45) is 6.23. The van der Waals surface area contributed by atoms with Crippen LogP contribution in [0.15, 0.2) is 18.3 Å². The fourth-order valence-electron chi connectivity index (χ4n) is 2.74. The van der Waals surface area contributed by atoms with Crippen LogP contribution in [-0.2, 0) is 16.6 Å². The molecule has 1 saturated heterocycles. The van der Waals surface area contributed by atoms with E-state index >= 15 is 0 Å². The van der Waals surface area contributed by atoms with Gasteiger partial charge in [-0.3, -0.25) is 4.90 Å². The van der Waals surface area contributed by atoms with Crippen molar-refractivity contribution < 1.29 is 8.42 Å². The highest BCUT2D eigenvalue weighted by molar-refractivity contribution is 7.88. The average molecular weight is 332 g/mol. The van der Waals surface area contributed by atoms with Crippen LogP contribution in [0.4, 0.5) is 0 Å². The van der Waals surface area contributed by atoms with E-state index in [1.807, 2.05) is 18.3 Å². The zero-order valence-corrected chi connectivity index (χ0v) is 13.8. The Kier molecular flexibility index (Phi) is 5.98. The third-order valence-corrected chi connectivity index (χ3v) is 4.67. The Labute approximate surface area is 131 Å². The molecule has 0 amide bonds. The average Bonchev–Trinajstić information content (AvgIpc) is 2.40. The Morgan fingerprint density at radius 1 is 1.48 bits per heavy atom. The molecule has 1 aliphatic rings. The normalized spacial score (nSPS) is 20.6. The summed E-state index contributed by atoms with van der Waals surface area (Å²) in [6, 6.07) is 3.82. The quantitative estimate of drug-likeness (QED) is 0.809. The van der Waals surface area contributed by atoms with Crippen LogP contribution in [0.1, 0.15) is 24.8 Å². The van der Waals surface area contributed by atoms with Gasteiger partial charge in [0.25, 0.3) is 0 Å². The molecular weight excluding hydrogens is 310 g/mol. The summed E-state index contributed by atoms with van der Waals surface area (Å²) in [7, 11) is -3.08. The van der Waals surface area contributed by atoms with Crippen molar-refractivity contribution in [1.29, 1.82) is 0 Å². The smallest absolute Gasteiger partial charge is 0.208 e. The zero-order chi connectivity index (χ0) is 15.3. The molecule has 0 saturated carbocycles. The summed E-state index contributed by atoms with van der Waals surface area (Å²) in [6.45, 7) is 3.49. The van der Waals surface area contributed by atoms with E-state index in [9.17, 15) is 8.42 Å². The maximum absolute atomic E-state index is 11.1. The standard InChI is InChI=1S/C14H22ClN3O2S/c1-21(19,20)17-7-6-12-3-2-8-18(10-12)11-13-4-5-14(15)16-9-13/h4-5,9,12,17H,2-3,6-8,10-11H2,1H3/t12-/m0/s1. The van der Waals surface area contributed by atoms with Crippen LogP contribution < -0.4 is 4.72 Å². The number of hydrogen-bond donors (Lipinski definition) is 1. The van der Waals surface area contributed by atoms with Gasteiger partial charge in [-0.15, -0.1) is 0 Å². The van der Waals surface area contributed by atoms with Gasteiger partial charge in [0, 0.05) is 25.8 Å². The summed E-state index contributed by atoms with van der Waals surface area (Å²) in [5, 5.41) is 0.516. The Bertz CT molecular complexity index is 548. The molecule has 1 atom stereocenters. The van der Waals surface area contributed by atoms with Crippen molar-refractivity contribution in [3.63, 3.8) is 0 Å². The fraction of sp³-hybridized carbons (Fsp3) is 0.643. The van der Waals surface area contributed by atoms with Crippen LogP contribution in [0.25, 0.3) is 0 Å². The molecule has 7 heteroatoms. The maximum atomic E-state index is 11.1. The van der Waals surface area contributed by atoms with Crippen LogP contribution in [0.5, 0.6) is 0 Å². The van der Waals surface area contributed by atoms with Gasteiger partial charge in [-0.1, -0.05) is 17.7 Å². The second-order valence-electron chi connectivity index (χ2n) is 5.69. The highest BCUT2D eigenvalue weighted by Gasteiger charge is 2.20. The highest BCUT2D eigenvalue weighted by atomic mass is 35.5. The Balaban J connectivity index is 1.79. The monoisotopic (exact) mass is 331 g/mol. The molecule has 0 spiro atoms. The van der Waals surface area contributed by atoms with Crippen molar-refractivity contribution in [3.05, 3.63) is 29.0 Å². The molecule has 1 N–H and O–H groups in total. The number of sulfonamides is 1. The lowest BCUT2D eigenvalue weighted by Gasteiger charge is -2.32. The molecule has 0 aromatic carbocycles. The minimum atomic E-state index is -3.08. The molecule has 1 aromatic heterocycles. The number of halogens is 1. The summed E-state index contributed by atoms with van der Waals surface area (Å²) < 4.78 is 24.7. The van der Waals surface area contributed by atoms with Crippen LogP contribution in [0.2, 0.25) is 5.15 Å². The lowest BCUT2D eigenvalue weighted by Crippen LogP contribution is -2.36. The molecule has 0 bridgehead atoms. The minimum Gasteiger partial charge on any atom is -0.299 e. The van der Waals surface area contributed by atoms with Gasteiger partial charge >= 0.3 is 0 Å². The third kappa shape index (κ3) is 6.30. The number of piperidine rings is 1. The van der Waals surface area contributed by atoms with Crippen LogP contribution in [0.3, 0.4) is 0 Å². The van der Waals surface area contributed by atoms with E-state index in [-0.39, 0.29) is 0 Å². The molecule has 0 aliphatic carbocycles. The summed E-state index contributed by atoms with van der Waals surface area (Å²) in [4.78, 5) is 6.50.